The molecule has 0 radical (unpaired) electrons. The normalized spacial score (nSPS) is 16.3. The third kappa shape index (κ3) is 4.25. The van der Waals surface area contributed by atoms with E-state index < -0.39 is 0 Å². The molecule has 2 aromatic heterocycles. The van der Waals surface area contributed by atoms with Gasteiger partial charge in [0.05, 0.1) is 11.3 Å². The van der Waals surface area contributed by atoms with Crippen LogP contribution in [-0.4, -0.2) is 40.2 Å². The third-order valence-corrected chi connectivity index (χ3v) is 5.62. The zero-order valence-corrected chi connectivity index (χ0v) is 16.7. The smallest absolute Gasteiger partial charge is 0.259 e. The summed E-state index contributed by atoms with van der Waals surface area (Å²) >= 11 is 4.89. The average molecular weight is 445 g/mol. The Bertz CT molecular complexity index is 918. The number of anilines is 3. The first kappa shape index (κ1) is 17.9. The minimum atomic E-state index is -0.244. The zero-order valence-electron chi connectivity index (χ0n) is 14.3. The molecular formula is C18H17BrN6OS. The quantitative estimate of drug-likeness (QED) is 0.624. The number of benzene rings is 1. The Morgan fingerprint density at radius 2 is 2.15 bits per heavy atom. The second-order valence-electron chi connectivity index (χ2n) is 6.16. The molecule has 138 valence electrons. The highest BCUT2D eigenvalue weighted by molar-refractivity contribution is 9.10. The largest absolute Gasteiger partial charge is 0.368 e. The van der Waals surface area contributed by atoms with Crippen LogP contribution in [0.15, 0.2) is 52.6 Å². The van der Waals surface area contributed by atoms with Crippen molar-refractivity contribution in [1.29, 1.82) is 0 Å². The number of hydrogen-bond acceptors (Lipinski definition) is 7. The lowest BCUT2D eigenvalue weighted by molar-refractivity contribution is 0.102. The van der Waals surface area contributed by atoms with E-state index in [9.17, 15) is 4.79 Å². The van der Waals surface area contributed by atoms with Crippen molar-refractivity contribution in [1.82, 2.24) is 15.2 Å². The van der Waals surface area contributed by atoms with Crippen LogP contribution in [0.1, 0.15) is 16.8 Å². The number of para-hydroxylation sites is 1. The number of aromatic nitrogens is 3. The van der Waals surface area contributed by atoms with Crippen molar-refractivity contribution < 1.29 is 4.79 Å². The fourth-order valence-electron chi connectivity index (χ4n) is 3.02. The van der Waals surface area contributed by atoms with E-state index in [4.69, 9.17) is 0 Å². The van der Waals surface area contributed by atoms with Gasteiger partial charge in [-0.05, 0) is 46.6 Å². The Balaban J connectivity index is 1.35. The molecule has 0 bridgehead atoms. The maximum atomic E-state index is 12.2. The van der Waals surface area contributed by atoms with Gasteiger partial charge in [0.1, 0.15) is 11.3 Å². The van der Waals surface area contributed by atoms with Crippen molar-refractivity contribution in [3.8, 4) is 0 Å². The lowest BCUT2D eigenvalue weighted by atomic mass is 10.2. The molecule has 3 heterocycles. The second-order valence-corrected chi connectivity index (χ2v) is 7.85. The minimum absolute atomic E-state index is 0.244. The van der Waals surface area contributed by atoms with Crippen LogP contribution in [0.3, 0.4) is 0 Å². The van der Waals surface area contributed by atoms with E-state index >= 15 is 0 Å². The van der Waals surface area contributed by atoms with Crippen LogP contribution in [0.2, 0.25) is 0 Å². The van der Waals surface area contributed by atoms with Crippen molar-refractivity contribution in [3.05, 3.63) is 58.1 Å². The summed E-state index contributed by atoms with van der Waals surface area (Å²) in [6, 6.07) is 12.1. The van der Waals surface area contributed by atoms with Crippen molar-refractivity contribution in [3.63, 3.8) is 0 Å². The van der Waals surface area contributed by atoms with Crippen LogP contribution in [0.25, 0.3) is 0 Å². The van der Waals surface area contributed by atoms with Gasteiger partial charge in [-0.3, -0.25) is 10.1 Å². The summed E-state index contributed by atoms with van der Waals surface area (Å²) in [4.78, 5) is 18.9. The number of carbonyl (C=O) groups excluding carboxylic acids is 1. The number of pyridine rings is 1. The van der Waals surface area contributed by atoms with Gasteiger partial charge in [-0.1, -0.05) is 23.5 Å². The summed E-state index contributed by atoms with van der Waals surface area (Å²) in [5, 5.41) is 14.1. The standard InChI is InChI=1S/C18H17BrN6OS/c19-14-3-1-2-4-15(14)25-8-7-13(10-25)22-16-6-5-12(9-20-16)17(26)23-18-24-21-11-27-18/h1-6,9,11,13H,7-8,10H2,(H,20,22)(H,23,24,26). The SMILES string of the molecule is O=C(Nc1nncs1)c1ccc(NC2CCN(c3ccccc3Br)C2)nc1. The van der Waals surface area contributed by atoms with Gasteiger partial charge in [-0.2, -0.15) is 0 Å². The van der Waals surface area contributed by atoms with Crippen LogP contribution in [0.5, 0.6) is 0 Å². The van der Waals surface area contributed by atoms with E-state index in [0.717, 1.165) is 29.8 Å². The van der Waals surface area contributed by atoms with Crippen molar-refractivity contribution in [2.75, 3.05) is 28.6 Å². The predicted molar refractivity (Wildman–Crippen MR) is 110 cm³/mol. The molecule has 0 saturated carbocycles. The summed E-state index contributed by atoms with van der Waals surface area (Å²) < 4.78 is 1.11. The molecular weight excluding hydrogens is 428 g/mol. The molecule has 7 nitrogen and oxygen atoms in total. The van der Waals surface area contributed by atoms with Crippen molar-refractivity contribution >= 4 is 49.8 Å². The summed E-state index contributed by atoms with van der Waals surface area (Å²) in [6.07, 6.45) is 2.60. The topological polar surface area (TPSA) is 83.0 Å². The van der Waals surface area contributed by atoms with Crippen LogP contribution in [0, 0.1) is 0 Å². The molecule has 2 N–H and O–H groups in total. The van der Waals surface area contributed by atoms with E-state index in [-0.39, 0.29) is 5.91 Å². The van der Waals surface area contributed by atoms with Gasteiger partial charge in [0.15, 0.2) is 0 Å². The van der Waals surface area contributed by atoms with E-state index in [1.165, 1.54) is 17.0 Å². The molecule has 4 rings (SSSR count). The van der Waals surface area contributed by atoms with E-state index in [1.54, 1.807) is 17.8 Å². The molecule has 1 amide bonds. The maximum absolute atomic E-state index is 12.2. The summed E-state index contributed by atoms with van der Waals surface area (Å²) in [5.41, 5.74) is 3.26. The number of hydrogen-bond donors (Lipinski definition) is 2. The number of nitrogens with zero attached hydrogens (tertiary/aromatic N) is 4. The lowest BCUT2D eigenvalue weighted by Crippen LogP contribution is -2.26. The highest BCUT2D eigenvalue weighted by Crippen LogP contribution is 2.29. The fourth-order valence-corrected chi connectivity index (χ4v) is 4.00. The molecule has 1 aromatic carbocycles. The molecule has 1 fully saturated rings. The van der Waals surface area contributed by atoms with E-state index in [0.29, 0.717) is 16.7 Å². The first-order valence-electron chi connectivity index (χ1n) is 8.48. The van der Waals surface area contributed by atoms with Crippen molar-refractivity contribution in [2.24, 2.45) is 0 Å². The predicted octanol–water partition coefficient (Wildman–Crippen LogP) is 3.64. The Kier molecular flexibility index (Phi) is 5.30. The van der Waals surface area contributed by atoms with Crippen LogP contribution in [-0.2, 0) is 0 Å². The summed E-state index contributed by atoms with van der Waals surface area (Å²) in [5.74, 6) is 0.521. The van der Waals surface area contributed by atoms with Crippen LogP contribution >= 0.6 is 27.3 Å². The van der Waals surface area contributed by atoms with Gasteiger partial charge in [0.2, 0.25) is 5.13 Å². The molecule has 27 heavy (non-hydrogen) atoms. The first-order chi connectivity index (χ1) is 13.2. The van der Waals surface area contributed by atoms with Gasteiger partial charge in [-0.25, -0.2) is 4.98 Å². The number of nitrogens with one attached hydrogen (secondary N) is 2. The molecule has 0 spiro atoms. The third-order valence-electron chi connectivity index (χ3n) is 4.34. The number of rotatable bonds is 5. The molecule has 0 aliphatic carbocycles. The first-order valence-corrected chi connectivity index (χ1v) is 10.2. The summed E-state index contributed by atoms with van der Waals surface area (Å²) in [6.45, 7) is 1.90. The Labute approximate surface area is 169 Å². The molecule has 9 heteroatoms. The number of carbonyl (C=O) groups is 1. The molecule has 1 saturated heterocycles. The van der Waals surface area contributed by atoms with Crippen molar-refractivity contribution in [2.45, 2.75) is 12.5 Å². The van der Waals surface area contributed by atoms with E-state index in [2.05, 4.69) is 58.8 Å². The van der Waals surface area contributed by atoms with Crippen LogP contribution < -0.4 is 15.5 Å². The molecule has 1 atom stereocenters. The van der Waals surface area contributed by atoms with Crippen LogP contribution in [0.4, 0.5) is 16.6 Å². The zero-order chi connectivity index (χ0) is 18.6. The molecule has 3 aromatic rings. The van der Waals surface area contributed by atoms with Gasteiger partial charge < -0.3 is 10.2 Å². The maximum Gasteiger partial charge on any atom is 0.259 e. The highest BCUT2D eigenvalue weighted by atomic mass is 79.9. The Hall–Kier alpha value is -2.52. The number of amides is 1. The molecule has 1 unspecified atom stereocenters. The average Bonchev–Trinajstić information content (AvgIpc) is 3.35. The highest BCUT2D eigenvalue weighted by Gasteiger charge is 2.24. The molecule has 1 aliphatic heterocycles. The lowest BCUT2D eigenvalue weighted by Gasteiger charge is -2.20. The fraction of sp³-hybridized carbons (Fsp3) is 0.222. The number of halogens is 1. The Morgan fingerprint density at radius 1 is 1.26 bits per heavy atom. The van der Waals surface area contributed by atoms with E-state index in [1.807, 2.05) is 18.2 Å². The molecule has 1 aliphatic rings. The monoisotopic (exact) mass is 444 g/mol. The summed E-state index contributed by atoms with van der Waals surface area (Å²) in [7, 11) is 0. The Morgan fingerprint density at radius 3 is 2.89 bits per heavy atom. The second kappa shape index (κ2) is 8.01. The minimum Gasteiger partial charge on any atom is -0.368 e. The van der Waals surface area contributed by atoms with Gasteiger partial charge in [-0.15, -0.1) is 10.2 Å². The van der Waals surface area contributed by atoms with Gasteiger partial charge >= 0.3 is 0 Å². The van der Waals surface area contributed by atoms with Gasteiger partial charge in [0, 0.05) is 29.8 Å². The van der Waals surface area contributed by atoms with Gasteiger partial charge in [0.25, 0.3) is 5.91 Å².